The lowest BCUT2D eigenvalue weighted by atomic mass is 10.2. The molecule has 0 bridgehead atoms. The number of aromatic nitrogens is 3. The summed E-state index contributed by atoms with van der Waals surface area (Å²) in [6, 6.07) is 5.08. The SMILES string of the molecule is O=[N+]([O-])c1cc(Br)ccc1CNCCCn1ccnn1. The average molecular weight is 340 g/mol. The van der Waals surface area contributed by atoms with E-state index in [2.05, 4.69) is 31.6 Å². The number of nitrogens with one attached hydrogen (secondary N) is 1. The number of aryl methyl sites for hydroxylation is 1. The number of hydrogen-bond donors (Lipinski definition) is 1. The van der Waals surface area contributed by atoms with Gasteiger partial charge in [0.15, 0.2) is 0 Å². The van der Waals surface area contributed by atoms with Gasteiger partial charge in [-0.3, -0.25) is 14.8 Å². The molecule has 0 radical (unpaired) electrons. The van der Waals surface area contributed by atoms with Crippen LogP contribution in [0, 0.1) is 10.1 Å². The van der Waals surface area contributed by atoms with E-state index in [1.54, 1.807) is 29.2 Å². The predicted molar refractivity (Wildman–Crippen MR) is 77.1 cm³/mol. The maximum Gasteiger partial charge on any atom is 0.275 e. The Morgan fingerprint density at radius 1 is 1.45 bits per heavy atom. The first-order valence-corrected chi connectivity index (χ1v) is 6.94. The maximum atomic E-state index is 11.0. The molecule has 0 aliphatic carbocycles. The zero-order valence-electron chi connectivity index (χ0n) is 10.7. The Morgan fingerprint density at radius 2 is 2.30 bits per heavy atom. The van der Waals surface area contributed by atoms with Gasteiger partial charge in [-0.1, -0.05) is 21.1 Å². The summed E-state index contributed by atoms with van der Waals surface area (Å²) in [5.74, 6) is 0. The van der Waals surface area contributed by atoms with Crippen molar-refractivity contribution in [3.8, 4) is 0 Å². The van der Waals surface area contributed by atoms with Crippen LogP contribution in [0.15, 0.2) is 35.1 Å². The molecule has 7 nitrogen and oxygen atoms in total. The normalized spacial score (nSPS) is 10.7. The number of nitro benzene ring substituents is 1. The minimum Gasteiger partial charge on any atom is -0.312 e. The van der Waals surface area contributed by atoms with Crippen LogP contribution in [0.25, 0.3) is 0 Å². The monoisotopic (exact) mass is 339 g/mol. The minimum atomic E-state index is -0.364. The smallest absolute Gasteiger partial charge is 0.275 e. The van der Waals surface area contributed by atoms with Gasteiger partial charge in [-0.25, -0.2) is 0 Å². The summed E-state index contributed by atoms with van der Waals surface area (Å²) in [6.07, 6.45) is 4.33. The molecule has 1 aromatic heterocycles. The minimum absolute atomic E-state index is 0.128. The Kier molecular flexibility index (Phi) is 5.19. The highest BCUT2D eigenvalue weighted by molar-refractivity contribution is 9.10. The number of halogens is 1. The van der Waals surface area contributed by atoms with Crippen molar-refractivity contribution in [1.29, 1.82) is 0 Å². The van der Waals surface area contributed by atoms with Gasteiger partial charge < -0.3 is 5.32 Å². The molecule has 8 heteroatoms. The number of hydrogen-bond acceptors (Lipinski definition) is 5. The van der Waals surface area contributed by atoms with Crippen LogP contribution in [0.2, 0.25) is 0 Å². The molecule has 20 heavy (non-hydrogen) atoms. The standard InChI is InChI=1S/C12H14BrN5O2/c13-11-3-2-10(12(8-11)18(19)20)9-14-4-1-6-17-7-5-15-16-17/h2-3,5,7-8,14H,1,4,6,9H2. The van der Waals surface area contributed by atoms with Crippen molar-refractivity contribution >= 4 is 21.6 Å². The van der Waals surface area contributed by atoms with Gasteiger partial charge >= 0.3 is 0 Å². The summed E-state index contributed by atoms with van der Waals surface area (Å²) in [6.45, 7) is 2.00. The first kappa shape index (κ1) is 14.6. The predicted octanol–water partition coefficient (Wildman–Crippen LogP) is 2.13. The van der Waals surface area contributed by atoms with Crippen LogP contribution < -0.4 is 5.32 Å². The molecule has 0 spiro atoms. The van der Waals surface area contributed by atoms with E-state index in [9.17, 15) is 10.1 Å². The largest absolute Gasteiger partial charge is 0.312 e. The van der Waals surface area contributed by atoms with Crippen molar-refractivity contribution < 1.29 is 4.92 Å². The van der Waals surface area contributed by atoms with Crippen LogP contribution in [0.3, 0.4) is 0 Å². The van der Waals surface area contributed by atoms with Crippen molar-refractivity contribution in [2.24, 2.45) is 0 Å². The maximum absolute atomic E-state index is 11.0. The molecular weight excluding hydrogens is 326 g/mol. The van der Waals surface area contributed by atoms with Gasteiger partial charge in [0.25, 0.3) is 5.69 Å². The van der Waals surface area contributed by atoms with Crippen molar-refractivity contribution in [1.82, 2.24) is 20.3 Å². The summed E-state index contributed by atoms with van der Waals surface area (Å²) in [5, 5.41) is 21.7. The lowest BCUT2D eigenvalue weighted by Gasteiger charge is -2.06. The molecule has 2 aromatic rings. The van der Waals surface area contributed by atoms with Crippen molar-refractivity contribution in [3.63, 3.8) is 0 Å². The van der Waals surface area contributed by atoms with Crippen LogP contribution >= 0.6 is 15.9 Å². The Hall–Kier alpha value is -1.80. The topological polar surface area (TPSA) is 85.9 Å². The second kappa shape index (κ2) is 7.11. The summed E-state index contributed by atoms with van der Waals surface area (Å²) >= 11 is 3.24. The summed E-state index contributed by atoms with van der Waals surface area (Å²) in [4.78, 5) is 10.6. The Bertz CT molecular complexity index is 573. The third kappa shape index (κ3) is 4.10. The molecule has 0 atom stereocenters. The third-order valence-electron chi connectivity index (χ3n) is 2.77. The van der Waals surface area contributed by atoms with Gasteiger partial charge in [-0.2, -0.15) is 0 Å². The Balaban J connectivity index is 1.80. The van der Waals surface area contributed by atoms with Crippen LogP contribution in [-0.4, -0.2) is 26.5 Å². The van der Waals surface area contributed by atoms with Gasteiger partial charge in [0.2, 0.25) is 0 Å². The number of nitro groups is 1. The van der Waals surface area contributed by atoms with Crippen LogP contribution in [0.1, 0.15) is 12.0 Å². The molecule has 0 fully saturated rings. The second-order valence-electron chi connectivity index (χ2n) is 4.23. The van der Waals surface area contributed by atoms with Crippen molar-refractivity contribution in [3.05, 3.63) is 50.7 Å². The fraction of sp³-hybridized carbons (Fsp3) is 0.333. The van der Waals surface area contributed by atoms with Crippen LogP contribution in [0.5, 0.6) is 0 Å². The van der Waals surface area contributed by atoms with Crippen LogP contribution in [0.4, 0.5) is 5.69 Å². The van der Waals surface area contributed by atoms with Crippen molar-refractivity contribution in [2.75, 3.05) is 6.54 Å². The number of benzene rings is 1. The second-order valence-corrected chi connectivity index (χ2v) is 5.14. The quantitative estimate of drug-likeness (QED) is 0.474. The molecule has 1 N–H and O–H groups in total. The van der Waals surface area contributed by atoms with Crippen molar-refractivity contribution in [2.45, 2.75) is 19.5 Å². The molecule has 2 rings (SSSR count). The number of nitrogens with zero attached hydrogens (tertiary/aromatic N) is 4. The number of rotatable bonds is 7. The van der Waals surface area contributed by atoms with E-state index in [1.165, 1.54) is 6.07 Å². The van der Waals surface area contributed by atoms with Gasteiger partial charge in [-0.05, 0) is 25.1 Å². The lowest BCUT2D eigenvalue weighted by molar-refractivity contribution is -0.385. The first-order chi connectivity index (χ1) is 9.66. The molecule has 0 saturated heterocycles. The average Bonchev–Trinajstić information content (AvgIpc) is 2.92. The zero-order valence-corrected chi connectivity index (χ0v) is 12.3. The van der Waals surface area contributed by atoms with Gasteiger partial charge in [-0.15, -0.1) is 5.10 Å². The van der Waals surface area contributed by atoms with E-state index in [0.29, 0.717) is 16.6 Å². The fourth-order valence-corrected chi connectivity index (χ4v) is 2.15. The van der Waals surface area contributed by atoms with E-state index in [4.69, 9.17) is 0 Å². The summed E-state index contributed by atoms with van der Waals surface area (Å²) in [7, 11) is 0. The third-order valence-corrected chi connectivity index (χ3v) is 3.27. The molecular formula is C12H14BrN5O2. The van der Waals surface area contributed by atoms with Gasteiger partial charge in [0.1, 0.15) is 0 Å². The first-order valence-electron chi connectivity index (χ1n) is 6.14. The van der Waals surface area contributed by atoms with E-state index < -0.39 is 0 Å². The molecule has 0 saturated carbocycles. The lowest BCUT2D eigenvalue weighted by Crippen LogP contribution is -2.17. The van der Waals surface area contributed by atoms with E-state index in [-0.39, 0.29) is 10.6 Å². The molecule has 1 heterocycles. The highest BCUT2D eigenvalue weighted by Crippen LogP contribution is 2.23. The highest BCUT2D eigenvalue weighted by atomic mass is 79.9. The molecule has 0 unspecified atom stereocenters. The Morgan fingerprint density at radius 3 is 3.00 bits per heavy atom. The zero-order chi connectivity index (χ0) is 14.4. The molecule has 0 aliphatic heterocycles. The van der Waals surface area contributed by atoms with E-state index >= 15 is 0 Å². The summed E-state index contributed by atoms with van der Waals surface area (Å²) < 4.78 is 2.46. The van der Waals surface area contributed by atoms with Gasteiger partial charge in [0, 0.05) is 35.4 Å². The van der Waals surface area contributed by atoms with E-state index in [1.807, 2.05) is 0 Å². The highest BCUT2D eigenvalue weighted by Gasteiger charge is 2.13. The molecule has 106 valence electrons. The Labute approximate surface area is 124 Å². The molecule has 0 aliphatic rings. The van der Waals surface area contributed by atoms with Crippen LogP contribution in [-0.2, 0) is 13.1 Å². The van der Waals surface area contributed by atoms with E-state index in [0.717, 1.165) is 19.5 Å². The summed E-state index contributed by atoms with van der Waals surface area (Å²) in [5.41, 5.74) is 0.808. The molecule has 1 aromatic carbocycles. The van der Waals surface area contributed by atoms with Gasteiger partial charge in [0.05, 0.1) is 11.1 Å². The molecule has 0 amide bonds. The fourth-order valence-electron chi connectivity index (χ4n) is 1.80.